The number of hydrogen-bond acceptors (Lipinski definition) is 5. The highest BCUT2D eigenvalue weighted by Crippen LogP contribution is 2.67. The third-order valence-corrected chi connectivity index (χ3v) is 8.20. The minimum atomic E-state index is -5.58. The fourth-order valence-corrected chi connectivity index (χ4v) is 6.92. The van der Waals surface area contributed by atoms with Gasteiger partial charge in [-0.15, -0.1) is 0 Å². The summed E-state index contributed by atoms with van der Waals surface area (Å²) in [5, 5.41) is 0. The van der Waals surface area contributed by atoms with Gasteiger partial charge in [-0.25, -0.2) is 0 Å². The maximum absolute atomic E-state index is 11.2. The lowest BCUT2D eigenvalue weighted by Crippen LogP contribution is -2.33. The van der Waals surface area contributed by atoms with Gasteiger partial charge in [0.2, 0.25) is 0 Å². The van der Waals surface area contributed by atoms with Gasteiger partial charge in [-0.3, -0.25) is 13.7 Å². The van der Waals surface area contributed by atoms with Crippen LogP contribution in [0.2, 0.25) is 0 Å². The lowest BCUT2D eigenvalue weighted by Gasteiger charge is -2.26. The van der Waals surface area contributed by atoms with Gasteiger partial charge in [0.25, 0.3) is 4.90 Å². The van der Waals surface area contributed by atoms with E-state index in [1.54, 1.807) is 0 Å². The molecule has 0 amide bonds. The Morgan fingerprint density at radius 1 is 0.947 bits per heavy atom. The summed E-state index contributed by atoms with van der Waals surface area (Å²) < 4.78 is 43.7. The minimum absolute atomic E-state index is 1.23. The monoisotopic (exact) mass is 360 g/mol. The second-order valence-electron chi connectivity index (χ2n) is 3.74. The lowest BCUT2D eigenvalue weighted by atomic mass is 10.3. The molecule has 0 rings (SSSR count). The summed E-state index contributed by atoms with van der Waals surface area (Å²) >= 11 is 0. The molecular formula is C4H12O11P4. The van der Waals surface area contributed by atoms with Gasteiger partial charge in [0.15, 0.2) is 0 Å². The highest BCUT2D eigenvalue weighted by Gasteiger charge is 2.62. The van der Waals surface area contributed by atoms with Crippen LogP contribution in [0.1, 0.15) is 6.42 Å². The maximum Gasteiger partial charge on any atom is 0.379 e. The quantitative estimate of drug-likeness (QED) is 0.294. The third-order valence-electron chi connectivity index (χ3n) is 2.14. The SMILES string of the molecule is O=[P+]([O-])C(CCP(=O)(O)O)(CP(=O)(O)O)P(=O)(O)O. The van der Waals surface area contributed by atoms with E-state index in [1.807, 2.05) is 0 Å². The van der Waals surface area contributed by atoms with Crippen LogP contribution in [0.4, 0.5) is 0 Å². The smallest absolute Gasteiger partial charge is 0.379 e. The number of rotatable bonds is 7. The van der Waals surface area contributed by atoms with Crippen molar-refractivity contribution in [2.24, 2.45) is 0 Å². The Balaban J connectivity index is 5.68. The Kier molecular flexibility index (Phi) is 6.26. The first-order valence-corrected chi connectivity index (χ1v) is 10.8. The Morgan fingerprint density at radius 2 is 1.37 bits per heavy atom. The van der Waals surface area contributed by atoms with E-state index in [1.165, 1.54) is 0 Å². The molecule has 0 heterocycles. The van der Waals surface area contributed by atoms with E-state index in [9.17, 15) is 23.2 Å². The minimum Gasteiger partial charge on any atom is -0.595 e. The van der Waals surface area contributed by atoms with Crippen molar-refractivity contribution in [1.82, 2.24) is 0 Å². The summed E-state index contributed by atoms with van der Waals surface area (Å²) in [5.74, 6) is 0. The van der Waals surface area contributed by atoms with Gasteiger partial charge >= 0.3 is 30.8 Å². The van der Waals surface area contributed by atoms with Gasteiger partial charge in [-0.05, 0) is 0 Å². The molecule has 6 N–H and O–H groups in total. The average molecular weight is 360 g/mol. The Bertz CT molecular complexity index is 481. The summed E-state index contributed by atoms with van der Waals surface area (Å²) in [7, 11) is -19.6. The standard InChI is InChI=1S/C4H12O11P4/c5-16(6)4(19(13,14)15,3-18(10,11)12)1-2-17(7,8)9/h1-3H2,(H2,7,8,9)(H2,10,11,12)(H2,13,14,15). The normalized spacial score (nSPS) is 17.9. The third kappa shape index (κ3) is 6.21. The van der Waals surface area contributed by atoms with E-state index < -0.39 is 54.5 Å². The van der Waals surface area contributed by atoms with Crippen LogP contribution >= 0.6 is 30.8 Å². The molecule has 114 valence electrons. The first kappa shape index (κ1) is 19.5. The molecule has 11 nitrogen and oxygen atoms in total. The van der Waals surface area contributed by atoms with Gasteiger partial charge in [0, 0.05) is 6.42 Å². The molecule has 0 bridgehead atoms. The highest BCUT2D eigenvalue weighted by molar-refractivity contribution is 7.68. The first-order valence-electron chi connectivity index (χ1n) is 4.40. The second-order valence-corrected chi connectivity index (χ2v) is 10.8. The summed E-state index contributed by atoms with van der Waals surface area (Å²) in [6.45, 7) is 0. The van der Waals surface area contributed by atoms with E-state index in [4.69, 9.17) is 29.4 Å². The molecule has 0 saturated heterocycles. The zero-order valence-electron chi connectivity index (χ0n) is 9.13. The predicted molar refractivity (Wildman–Crippen MR) is 60.8 cm³/mol. The molecule has 0 radical (unpaired) electrons. The fourth-order valence-electron chi connectivity index (χ4n) is 1.23. The van der Waals surface area contributed by atoms with E-state index in [0.717, 1.165) is 0 Å². The molecule has 0 saturated carbocycles. The van der Waals surface area contributed by atoms with Crippen LogP contribution in [0.5, 0.6) is 0 Å². The van der Waals surface area contributed by atoms with Crippen molar-refractivity contribution in [2.45, 2.75) is 11.3 Å². The van der Waals surface area contributed by atoms with Gasteiger partial charge < -0.3 is 34.3 Å². The van der Waals surface area contributed by atoms with Crippen molar-refractivity contribution in [3.63, 3.8) is 0 Å². The van der Waals surface area contributed by atoms with Crippen molar-refractivity contribution in [1.29, 1.82) is 0 Å². The Morgan fingerprint density at radius 3 is 1.58 bits per heavy atom. The zero-order chi connectivity index (χ0) is 15.7. The predicted octanol–water partition coefficient (Wildman–Crippen LogP) is -1.29. The van der Waals surface area contributed by atoms with E-state index in [-0.39, 0.29) is 0 Å². The van der Waals surface area contributed by atoms with Crippen molar-refractivity contribution >= 4 is 30.8 Å². The van der Waals surface area contributed by atoms with Crippen molar-refractivity contribution in [3.8, 4) is 0 Å². The van der Waals surface area contributed by atoms with Crippen molar-refractivity contribution in [3.05, 3.63) is 0 Å². The molecule has 0 aliphatic heterocycles. The molecule has 0 spiro atoms. The molecule has 0 aliphatic rings. The Hall–Kier alpha value is 0.510. The molecule has 0 aromatic carbocycles. The largest absolute Gasteiger partial charge is 0.595 e. The van der Waals surface area contributed by atoms with E-state index >= 15 is 0 Å². The summed E-state index contributed by atoms with van der Waals surface area (Å²) in [4.78, 5) is 60.4. The number of hydrogen-bond donors (Lipinski definition) is 6. The van der Waals surface area contributed by atoms with Gasteiger partial charge in [-0.2, -0.15) is 0 Å². The van der Waals surface area contributed by atoms with Crippen LogP contribution in [0.3, 0.4) is 0 Å². The fraction of sp³-hybridized carbons (Fsp3) is 1.00. The molecule has 19 heavy (non-hydrogen) atoms. The van der Waals surface area contributed by atoms with E-state index in [2.05, 4.69) is 0 Å². The summed E-state index contributed by atoms with van der Waals surface area (Å²) in [6, 6.07) is 0. The van der Waals surface area contributed by atoms with Crippen molar-refractivity contribution in [2.75, 3.05) is 12.3 Å². The van der Waals surface area contributed by atoms with Crippen LogP contribution < -0.4 is 4.89 Å². The molecular weight excluding hydrogens is 348 g/mol. The topological polar surface area (TPSA) is 213 Å². The molecule has 15 heteroatoms. The van der Waals surface area contributed by atoms with Crippen molar-refractivity contribution < 1.29 is 52.5 Å². The zero-order valence-corrected chi connectivity index (χ0v) is 12.7. The van der Waals surface area contributed by atoms with Crippen LogP contribution in [-0.2, 0) is 18.3 Å². The van der Waals surface area contributed by atoms with E-state index in [0.29, 0.717) is 0 Å². The Labute approximate surface area is 108 Å². The molecule has 0 aliphatic carbocycles. The average Bonchev–Trinajstić information content (AvgIpc) is 2.06. The lowest BCUT2D eigenvalue weighted by molar-refractivity contribution is -0.167. The summed E-state index contributed by atoms with van der Waals surface area (Å²) in [6.07, 6.45) is -4.23. The van der Waals surface area contributed by atoms with Crippen LogP contribution in [0, 0.1) is 0 Å². The van der Waals surface area contributed by atoms with Gasteiger partial charge in [-0.1, -0.05) is 4.57 Å². The van der Waals surface area contributed by atoms with Crippen LogP contribution in [0.15, 0.2) is 0 Å². The molecule has 0 fully saturated rings. The van der Waals surface area contributed by atoms with Crippen LogP contribution in [-0.4, -0.2) is 46.6 Å². The van der Waals surface area contributed by atoms with Crippen LogP contribution in [0.25, 0.3) is 0 Å². The molecule has 0 aromatic rings. The maximum atomic E-state index is 11.2. The summed E-state index contributed by atoms with van der Waals surface area (Å²) in [5.41, 5.74) is 0. The molecule has 2 atom stereocenters. The van der Waals surface area contributed by atoms with Gasteiger partial charge in [0.1, 0.15) is 6.16 Å². The highest BCUT2D eigenvalue weighted by atomic mass is 31.2. The first-order chi connectivity index (χ1) is 8.11. The second kappa shape index (κ2) is 6.10. The molecule has 2 unspecified atom stereocenters. The molecule has 0 aromatic heterocycles. The van der Waals surface area contributed by atoms with Gasteiger partial charge in [0.05, 0.1) is 6.16 Å².